The third kappa shape index (κ3) is 3.50. The third-order valence-corrected chi connectivity index (χ3v) is 4.12. The van der Waals surface area contributed by atoms with Crippen LogP contribution in [0.25, 0.3) is 22.4 Å². The molecule has 0 bridgehead atoms. The molecule has 126 valence electrons. The van der Waals surface area contributed by atoms with Crippen LogP contribution in [0.2, 0.25) is 0 Å². The number of hydrogen-bond donors (Lipinski definition) is 2. The molecule has 25 heavy (non-hydrogen) atoms. The summed E-state index contributed by atoms with van der Waals surface area (Å²) in [6, 6.07) is 13.8. The zero-order valence-corrected chi connectivity index (χ0v) is 14.5. The van der Waals surface area contributed by atoms with Gasteiger partial charge in [-0.3, -0.25) is 14.8 Å². The van der Waals surface area contributed by atoms with Crippen molar-refractivity contribution in [3.05, 3.63) is 66.1 Å². The van der Waals surface area contributed by atoms with Crippen LogP contribution in [0, 0.1) is 6.92 Å². The molecule has 0 aliphatic rings. The molecule has 0 unspecified atom stereocenters. The standard InChI is InChI=1S/C20H20N4O/c1-13-4-5-16(21-2)12-17(13)18-10-14(6-8-23-18)15-7-9-24-19(11-15)20(25)22-3/h4-12,21H,1-3H3,(H,22,25). The molecule has 5 nitrogen and oxygen atoms in total. The SMILES string of the molecule is CNC(=O)c1cc(-c2ccnc(-c3cc(NC)ccc3C)c2)ccn1. The molecule has 0 saturated carbocycles. The number of amides is 1. The minimum atomic E-state index is -0.200. The quantitative estimate of drug-likeness (QED) is 0.767. The van der Waals surface area contributed by atoms with Crippen LogP contribution in [0.3, 0.4) is 0 Å². The van der Waals surface area contributed by atoms with Crippen LogP contribution in [-0.2, 0) is 0 Å². The van der Waals surface area contributed by atoms with Crippen molar-refractivity contribution >= 4 is 11.6 Å². The van der Waals surface area contributed by atoms with Gasteiger partial charge in [0.05, 0.1) is 5.69 Å². The Morgan fingerprint density at radius 2 is 1.64 bits per heavy atom. The fourth-order valence-electron chi connectivity index (χ4n) is 2.67. The molecule has 1 amide bonds. The number of benzene rings is 1. The first-order valence-corrected chi connectivity index (χ1v) is 8.05. The fourth-order valence-corrected chi connectivity index (χ4v) is 2.67. The van der Waals surface area contributed by atoms with Gasteiger partial charge in [0.2, 0.25) is 0 Å². The molecule has 5 heteroatoms. The highest BCUT2D eigenvalue weighted by molar-refractivity contribution is 5.93. The molecule has 2 aromatic heterocycles. The highest BCUT2D eigenvalue weighted by atomic mass is 16.1. The number of nitrogens with zero attached hydrogens (tertiary/aromatic N) is 2. The van der Waals surface area contributed by atoms with Crippen LogP contribution in [-0.4, -0.2) is 30.0 Å². The third-order valence-electron chi connectivity index (χ3n) is 4.12. The van der Waals surface area contributed by atoms with Gasteiger partial charge in [-0.05, 0) is 60.0 Å². The number of aryl methyl sites for hydroxylation is 1. The average Bonchev–Trinajstić information content (AvgIpc) is 2.68. The van der Waals surface area contributed by atoms with Crippen molar-refractivity contribution in [1.82, 2.24) is 15.3 Å². The van der Waals surface area contributed by atoms with E-state index in [1.54, 1.807) is 25.5 Å². The lowest BCUT2D eigenvalue weighted by molar-refractivity contribution is 0.0958. The lowest BCUT2D eigenvalue weighted by Gasteiger charge is -2.10. The summed E-state index contributed by atoms with van der Waals surface area (Å²) in [7, 11) is 3.49. The van der Waals surface area contributed by atoms with E-state index in [4.69, 9.17) is 0 Å². The molecule has 0 fully saturated rings. The van der Waals surface area contributed by atoms with Crippen LogP contribution in [0.1, 0.15) is 16.1 Å². The van der Waals surface area contributed by atoms with Gasteiger partial charge in [-0.1, -0.05) is 6.07 Å². The van der Waals surface area contributed by atoms with Gasteiger partial charge >= 0.3 is 0 Å². The second kappa shape index (κ2) is 7.13. The number of carbonyl (C=O) groups is 1. The Bertz CT molecular complexity index is 921. The molecule has 0 radical (unpaired) electrons. The number of nitrogens with one attached hydrogen (secondary N) is 2. The summed E-state index contributed by atoms with van der Waals surface area (Å²) < 4.78 is 0. The van der Waals surface area contributed by atoms with E-state index in [0.717, 1.165) is 33.6 Å². The van der Waals surface area contributed by atoms with Gasteiger partial charge in [0.15, 0.2) is 0 Å². The second-order valence-electron chi connectivity index (χ2n) is 5.72. The number of anilines is 1. The highest BCUT2D eigenvalue weighted by Crippen LogP contribution is 2.28. The Hall–Kier alpha value is -3.21. The van der Waals surface area contributed by atoms with Crippen molar-refractivity contribution in [1.29, 1.82) is 0 Å². The second-order valence-corrected chi connectivity index (χ2v) is 5.72. The molecule has 3 rings (SSSR count). The summed E-state index contributed by atoms with van der Waals surface area (Å²) in [5, 5.41) is 5.75. The summed E-state index contributed by atoms with van der Waals surface area (Å²) in [6.45, 7) is 2.07. The maximum atomic E-state index is 11.8. The lowest BCUT2D eigenvalue weighted by Crippen LogP contribution is -2.19. The van der Waals surface area contributed by atoms with E-state index >= 15 is 0 Å². The Morgan fingerprint density at radius 3 is 2.36 bits per heavy atom. The van der Waals surface area contributed by atoms with Crippen LogP contribution < -0.4 is 10.6 Å². The molecule has 0 aliphatic carbocycles. The first-order valence-electron chi connectivity index (χ1n) is 8.05. The summed E-state index contributed by atoms with van der Waals surface area (Å²) in [4.78, 5) is 20.4. The van der Waals surface area contributed by atoms with E-state index < -0.39 is 0 Å². The molecule has 0 spiro atoms. The summed E-state index contributed by atoms with van der Waals surface area (Å²) >= 11 is 0. The van der Waals surface area contributed by atoms with Gasteiger partial charge in [-0.25, -0.2) is 0 Å². The Balaban J connectivity index is 2.04. The number of hydrogen-bond acceptors (Lipinski definition) is 4. The fraction of sp³-hybridized carbons (Fsp3) is 0.150. The van der Waals surface area contributed by atoms with Crippen LogP contribution in [0.4, 0.5) is 5.69 Å². The van der Waals surface area contributed by atoms with E-state index in [1.165, 1.54) is 0 Å². The van der Waals surface area contributed by atoms with Gasteiger partial charge in [-0.15, -0.1) is 0 Å². The first kappa shape index (κ1) is 16.6. The molecule has 1 aromatic carbocycles. The number of carbonyl (C=O) groups excluding carboxylic acids is 1. The monoisotopic (exact) mass is 332 g/mol. The van der Waals surface area contributed by atoms with Crippen LogP contribution in [0.5, 0.6) is 0 Å². The van der Waals surface area contributed by atoms with Crippen molar-refractivity contribution < 1.29 is 4.79 Å². The van der Waals surface area contributed by atoms with Gasteiger partial charge in [-0.2, -0.15) is 0 Å². The van der Waals surface area contributed by atoms with E-state index in [0.29, 0.717) is 5.69 Å². The highest BCUT2D eigenvalue weighted by Gasteiger charge is 2.09. The van der Waals surface area contributed by atoms with E-state index in [2.05, 4.69) is 39.7 Å². The molecule has 3 aromatic rings. The maximum absolute atomic E-state index is 11.8. The average molecular weight is 332 g/mol. The van der Waals surface area contributed by atoms with Crippen molar-refractivity contribution in [3.8, 4) is 22.4 Å². The topological polar surface area (TPSA) is 66.9 Å². The van der Waals surface area contributed by atoms with Crippen molar-refractivity contribution in [2.75, 3.05) is 19.4 Å². The largest absolute Gasteiger partial charge is 0.388 e. The summed E-state index contributed by atoms with van der Waals surface area (Å²) in [5.41, 5.74) is 6.49. The zero-order valence-electron chi connectivity index (χ0n) is 14.5. The predicted octanol–water partition coefficient (Wildman–Crippen LogP) is 3.52. The molecule has 0 aliphatic heterocycles. The zero-order chi connectivity index (χ0) is 17.8. The number of pyridine rings is 2. The van der Waals surface area contributed by atoms with E-state index in [1.807, 2.05) is 31.3 Å². The molecular weight excluding hydrogens is 312 g/mol. The van der Waals surface area contributed by atoms with Crippen molar-refractivity contribution in [2.45, 2.75) is 6.92 Å². The van der Waals surface area contributed by atoms with E-state index in [-0.39, 0.29) is 5.91 Å². The Morgan fingerprint density at radius 1 is 0.920 bits per heavy atom. The molecule has 2 N–H and O–H groups in total. The Kier molecular flexibility index (Phi) is 4.75. The van der Waals surface area contributed by atoms with Gasteiger partial charge < -0.3 is 10.6 Å². The summed E-state index contributed by atoms with van der Waals surface area (Å²) in [6.07, 6.45) is 3.43. The van der Waals surface area contributed by atoms with E-state index in [9.17, 15) is 4.79 Å². The molecule has 0 saturated heterocycles. The van der Waals surface area contributed by atoms with Crippen LogP contribution >= 0.6 is 0 Å². The van der Waals surface area contributed by atoms with Gasteiger partial charge in [0.25, 0.3) is 5.91 Å². The minimum Gasteiger partial charge on any atom is -0.388 e. The van der Waals surface area contributed by atoms with Crippen molar-refractivity contribution in [2.24, 2.45) is 0 Å². The Labute approximate surface area is 147 Å². The molecular formula is C20H20N4O. The molecule has 0 atom stereocenters. The number of rotatable bonds is 4. The summed E-state index contributed by atoms with van der Waals surface area (Å²) in [5.74, 6) is -0.200. The smallest absolute Gasteiger partial charge is 0.269 e. The predicted molar refractivity (Wildman–Crippen MR) is 101 cm³/mol. The minimum absolute atomic E-state index is 0.200. The maximum Gasteiger partial charge on any atom is 0.269 e. The van der Waals surface area contributed by atoms with Gasteiger partial charge in [0, 0.05) is 37.7 Å². The van der Waals surface area contributed by atoms with Gasteiger partial charge in [0.1, 0.15) is 5.69 Å². The van der Waals surface area contributed by atoms with Crippen molar-refractivity contribution in [3.63, 3.8) is 0 Å². The number of aromatic nitrogens is 2. The molecule has 2 heterocycles. The lowest BCUT2D eigenvalue weighted by atomic mass is 10.0. The first-order chi connectivity index (χ1) is 12.1. The normalized spacial score (nSPS) is 10.4. The van der Waals surface area contributed by atoms with Crippen LogP contribution in [0.15, 0.2) is 54.9 Å².